The van der Waals surface area contributed by atoms with E-state index in [-0.39, 0.29) is 0 Å². The number of nitrogens with one attached hydrogen (secondary N) is 1. The number of hydrogen-bond donors (Lipinski definition) is 1. The lowest BCUT2D eigenvalue weighted by Crippen LogP contribution is -2.32. The van der Waals surface area contributed by atoms with Gasteiger partial charge in [0, 0.05) is 19.1 Å². The number of likely N-dealkylation sites (N-methyl/N-ethyl adjacent to an activating group) is 1. The van der Waals surface area contributed by atoms with Crippen molar-refractivity contribution in [2.24, 2.45) is 0 Å². The van der Waals surface area contributed by atoms with Crippen molar-refractivity contribution >= 4 is 0 Å². The number of nitrogens with zero attached hydrogens (tertiary/aromatic N) is 1. The van der Waals surface area contributed by atoms with E-state index < -0.39 is 0 Å². The third-order valence-electron chi connectivity index (χ3n) is 3.74. The van der Waals surface area contributed by atoms with E-state index in [1.54, 1.807) is 0 Å². The summed E-state index contributed by atoms with van der Waals surface area (Å²) >= 11 is 0. The molecule has 0 saturated carbocycles. The van der Waals surface area contributed by atoms with E-state index >= 15 is 0 Å². The average Bonchev–Trinajstić information content (AvgIpc) is 2.83. The lowest BCUT2D eigenvalue weighted by Gasteiger charge is -2.23. The van der Waals surface area contributed by atoms with Crippen LogP contribution >= 0.6 is 0 Å². The molecule has 0 aliphatic carbocycles. The Morgan fingerprint density at radius 1 is 1.29 bits per heavy atom. The number of benzene rings is 1. The van der Waals surface area contributed by atoms with Crippen LogP contribution in [-0.2, 0) is 6.54 Å². The fourth-order valence-corrected chi connectivity index (χ4v) is 2.44. The third-order valence-corrected chi connectivity index (χ3v) is 3.74. The van der Waals surface area contributed by atoms with E-state index in [4.69, 9.17) is 0 Å². The van der Waals surface area contributed by atoms with Crippen molar-refractivity contribution < 1.29 is 0 Å². The van der Waals surface area contributed by atoms with Gasteiger partial charge < -0.3 is 5.32 Å². The molecule has 1 aromatic carbocycles. The molecule has 94 valence electrons. The first-order valence-corrected chi connectivity index (χ1v) is 6.66. The monoisotopic (exact) mass is 232 g/mol. The molecule has 1 fully saturated rings. The summed E-state index contributed by atoms with van der Waals surface area (Å²) in [5.74, 6) is 0.626. The minimum absolute atomic E-state index is 0.626. The normalized spacial score (nSPS) is 20.4. The van der Waals surface area contributed by atoms with Crippen molar-refractivity contribution in [2.45, 2.75) is 38.8 Å². The fraction of sp³-hybridized carbons (Fsp3) is 0.600. The highest BCUT2D eigenvalue weighted by molar-refractivity contribution is 5.24. The van der Waals surface area contributed by atoms with Gasteiger partial charge in [-0.25, -0.2) is 0 Å². The predicted octanol–water partition coefficient (Wildman–Crippen LogP) is 2.60. The highest BCUT2D eigenvalue weighted by Crippen LogP contribution is 2.16. The van der Waals surface area contributed by atoms with Crippen LogP contribution in [0.1, 0.15) is 37.3 Å². The Morgan fingerprint density at radius 2 is 2.00 bits per heavy atom. The van der Waals surface area contributed by atoms with Crippen LogP contribution in [0.25, 0.3) is 0 Å². The summed E-state index contributed by atoms with van der Waals surface area (Å²) in [6, 6.07) is 9.78. The third kappa shape index (κ3) is 3.30. The first-order chi connectivity index (χ1) is 8.16. The zero-order valence-corrected chi connectivity index (χ0v) is 11.2. The standard InChI is InChI=1S/C15H24N2/c1-12(2)14-6-4-13(5-7-14)11-17(3)15-8-9-16-10-15/h4-7,12,15-16H,8-11H2,1-3H3. The smallest absolute Gasteiger partial charge is 0.0234 e. The second kappa shape index (κ2) is 5.65. The second-order valence-corrected chi connectivity index (χ2v) is 5.46. The lowest BCUT2D eigenvalue weighted by atomic mass is 10.0. The summed E-state index contributed by atoms with van der Waals surface area (Å²) in [6.07, 6.45) is 1.28. The van der Waals surface area contributed by atoms with Crippen molar-refractivity contribution in [3.63, 3.8) is 0 Å². The van der Waals surface area contributed by atoms with Gasteiger partial charge in [-0.2, -0.15) is 0 Å². The van der Waals surface area contributed by atoms with Crippen molar-refractivity contribution in [1.29, 1.82) is 0 Å². The van der Waals surface area contributed by atoms with E-state index in [0.717, 1.165) is 13.1 Å². The van der Waals surface area contributed by atoms with Crippen LogP contribution in [0.5, 0.6) is 0 Å². The molecule has 1 atom stereocenters. The quantitative estimate of drug-likeness (QED) is 0.858. The van der Waals surface area contributed by atoms with Crippen LogP contribution in [0.2, 0.25) is 0 Å². The maximum atomic E-state index is 3.42. The number of rotatable bonds is 4. The van der Waals surface area contributed by atoms with Gasteiger partial charge >= 0.3 is 0 Å². The SMILES string of the molecule is CC(C)c1ccc(CN(C)C2CCNC2)cc1. The van der Waals surface area contributed by atoms with Crippen LogP contribution in [0, 0.1) is 0 Å². The first kappa shape index (κ1) is 12.6. The molecular weight excluding hydrogens is 208 g/mol. The van der Waals surface area contributed by atoms with Gasteiger partial charge in [-0.3, -0.25) is 4.90 Å². The lowest BCUT2D eigenvalue weighted by molar-refractivity contribution is 0.249. The van der Waals surface area contributed by atoms with Gasteiger partial charge in [0.1, 0.15) is 0 Å². The van der Waals surface area contributed by atoms with Crippen LogP contribution in [0.3, 0.4) is 0 Å². The Hall–Kier alpha value is -0.860. The molecule has 2 nitrogen and oxygen atoms in total. The summed E-state index contributed by atoms with van der Waals surface area (Å²) in [7, 11) is 2.23. The molecule has 17 heavy (non-hydrogen) atoms. The minimum Gasteiger partial charge on any atom is -0.315 e. The van der Waals surface area contributed by atoms with Gasteiger partial charge in [-0.05, 0) is 37.1 Å². The molecule has 1 saturated heterocycles. The van der Waals surface area contributed by atoms with Crippen molar-refractivity contribution in [3.8, 4) is 0 Å². The largest absolute Gasteiger partial charge is 0.315 e. The summed E-state index contributed by atoms with van der Waals surface area (Å²) in [4.78, 5) is 2.46. The van der Waals surface area contributed by atoms with E-state index in [1.165, 1.54) is 24.1 Å². The van der Waals surface area contributed by atoms with Crippen LogP contribution in [-0.4, -0.2) is 31.1 Å². The van der Waals surface area contributed by atoms with Gasteiger partial charge in [0.2, 0.25) is 0 Å². The van der Waals surface area contributed by atoms with E-state index in [9.17, 15) is 0 Å². The number of hydrogen-bond acceptors (Lipinski definition) is 2. The maximum absolute atomic E-state index is 3.42. The van der Waals surface area contributed by atoms with E-state index in [1.807, 2.05) is 0 Å². The van der Waals surface area contributed by atoms with Crippen molar-refractivity contribution in [2.75, 3.05) is 20.1 Å². The molecule has 0 bridgehead atoms. The minimum atomic E-state index is 0.626. The first-order valence-electron chi connectivity index (χ1n) is 6.66. The molecule has 2 rings (SSSR count). The topological polar surface area (TPSA) is 15.3 Å². The van der Waals surface area contributed by atoms with E-state index in [2.05, 4.69) is 55.4 Å². The summed E-state index contributed by atoms with van der Waals surface area (Å²) in [6.45, 7) is 7.85. The molecule has 0 amide bonds. The van der Waals surface area contributed by atoms with Crippen molar-refractivity contribution in [3.05, 3.63) is 35.4 Å². The van der Waals surface area contributed by atoms with Crippen LogP contribution in [0.4, 0.5) is 0 Å². The van der Waals surface area contributed by atoms with Gasteiger partial charge in [0.05, 0.1) is 0 Å². The highest BCUT2D eigenvalue weighted by Gasteiger charge is 2.18. The average molecular weight is 232 g/mol. The van der Waals surface area contributed by atoms with Gasteiger partial charge in [-0.15, -0.1) is 0 Å². The van der Waals surface area contributed by atoms with Crippen molar-refractivity contribution in [1.82, 2.24) is 10.2 Å². The molecular formula is C15H24N2. The molecule has 1 aromatic rings. The zero-order valence-electron chi connectivity index (χ0n) is 11.2. The summed E-state index contributed by atoms with van der Waals surface area (Å²) in [5.41, 5.74) is 2.85. The van der Waals surface area contributed by atoms with Gasteiger partial charge in [0.15, 0.2) is 0 Å². The predicted molar refractivity (Wildman–Crippen MR) is 73.3 cm³/mol. The molecule has 1 unspecified atom stereocenters. The van der Waals surface area contributed by atoms with Crippen LogP contribution < -0.4 is 5.32 Å². The molecule has 0 aromatic heterocycles. The highest BCUT2D eigenvalue weighted by atomic mass is 15.2. The molecule has 0 spiro atoms. The van der Waals surface area contributed by atoms with Gasteiger partial charge in [0.25, 0.3) is 0 Å². The van der Waals surface area contributed by atoms with E-state index in [0.29, 0.717) is 12.0 Å². The Kier molecular flexibility index (Phi) is 4.19. The maximum Gasteiger partial charge on any atom is 0.0234 e. The molecule has 1 heterocycles. The zero-order chi connectivity index (χ0) is 12.3. The van der Waals surface area contributed by atoms with Gasteiger partial charge in [-0.1, -0.05) is 38.1 Å². The molecule has 1 N–H and O–H groups in total. The fourth-order valence-electron chi connectivity index (χ4n) is 2.44. The van der Waals surface area contributed by atoms with Crippen LogP contribution in [0.15, 0.2) is 24.3 Å². The molecule has 2 heteroatoms. The molecule has 1 aliphatic rings. The summed E-state index contributed by atoms with van der Waals surface area (Å²) < 4.78 is 0. The Labute approximate surface area is 105 Å². The molecule has 0 radical (unpaired) electrons. The Bertz CT molecular complexity index is 336. The molecule has 1 aliphatic heterocycles. The Morgan fingerprint density at radius 3 is 2.53 bits per heavy atom. The second-order valence-electron chi connectivity index (χ2n) is 5.46. The summed E-state index contributed by atoms with van der Waals surface area (Å²) in [5, 5.41) is 3.42. The Balaban J connectivity index is 1.93.